The molecule has 0 aliphatic heterocycles. The van der Waals surface area contributed by atoms with E-state index in [1.54, 1.807) is 4.68 Å². The Kier molecular flexibility index (Phi) is 5.79. The second-order valence-corrected chi connectivity index (χ2v) is 7.67. The monoisotopic (exact) mass is 429 g/mol. The van der Waals surface area contributed by atoms with Crippen molar-refractivity contribution in [1.82, 2.24) is 19.6 Å². The number of benzene rings is 1. The third-order valence-electron chi connectivity index (χ3n) is 4.55. The van der Waals surface area contributed by atoms with E-state index in [1.165, 1.54) is 11.1 Å². The van der Waals surface area contributed by atoms with E-state index in [0.717, 1.165) is 27.2 Å². The lowest BCUT2D eigenvalue weighted by Crippen LogP contribution is -2.16. The summed E-state index contributed by atoms with van der Waals surface area (Å²) in [5.41, 5.74) is 5.91. The van der Waals surface area contributed by atoms with Crippen molar-refractivity contribution in [3.8, 4) is 0 Å². The van der Waals surface area contributed by atoms with Crippen LogP contribution in [-0.4, -0.2) is 25.5 Å². The molecule has 1 amide bonds. The molecule has 0 fully saturated rings. The van der Waals surface area contributed by atoms with Gasteiger partial charge in [-0.2, -0.15) is 10.2 Å². The number of nitrogens with one attached hydrogen (secondary N) is 1. The molecule has 0 spiro atoms. The summed E-state index contributed by atoms with van der Waals surface area (Å²) < 4.78 is 4.66. The van der Waals surface area contributed by atoms with Crippen molar-refractivity contribution < 1.29 is 4.79 Å². The van der Waals surface area contributed by atoms with Crippen molar-refractivity contribution >= 4 is 27.5 Å². The first-order valence-electron chi connectivity index (χ1n) is 8.92. The standard InChI is InChI=1S/C20H24BrN5O/c1-13-5-7-17(8-6-13)11-26-16(4)20(15(3)24-26)22-19(27)9-10-25-12-18(21)14(2)23-25/h5-8,12H,9-11H2,1-4H3,(H,22,27). The van der Waals surface area contributed by atoms with Crippen molar-refractivity contribution in [2.75, 3.05) is 5.32 Å². The molecular formula is C20H24BrN5O. The van der Waals surface area contributed by atoms with Crippen LogP contribution in [0, 0.1) is 27.7 Å². The summed E-state index contributed by atoms with van der Waals surface area (Å²) in [7, 11) is 0. The first-order valence-corrected chi connectivity index (χ1v) is 9.71. The number of hydrogen-bond acceptors (Lipinski definition) is 3. The number of aromatic nitrogens is 4. The highest BCUT2D eigenvalue weighted by atomic mass is 79.9. The molecule has 0 atom stereocenters. The molecule has 3 aromatic rings. The van der Waals surface area contributed by atoms with Gasteiger partial charge in [0.15, 0.2) is 0 Å². The van der Waals surface area contributed by atoms with Crippen LogP contribution in [0.5, 0.6) is 0 Å². The lowest BCUT2D eigenvalue weighted by molar-refractivity contribution is -0.116. The normalized spacial score (nSPS) is 11.0. The van der Waals surface area contributed by atoms with Gasteiger partial charge in [-0.15, -0.1) is 0 Å². The van der Waals surface area contributed by atoms with E-state index in [1.807, 2.05) is 31.6 Å². The second-order valence-electron chi connectivity index (χ2n) is 6.81. The van der Waals surface area contributed by atoms with E-state index in [9.17, 15) is 4.79 Å². The number of hydrogen-bond donors (Lipinski definition) is 1. The van der Waals surface area contributed by atoms with Crippen LogP contribution in [0.2, 0.25) is 0 Å². The Morgan fingerprint density at radius 3 is 2.41 bits per heavy atom. The maximum atomic E-state index is 12.4. The molecule has 142 valence electrons. The molecule has 0 unspecified atom stereocenters. The van der Waals surface area contributed by atoms with Gasteiger partial charge in [0.1, 0.15) is 0 Å². The number of nitrogens with zero attached hydrogens (tertiary/aromatic N) is 4. The first-order chi connectivity index (χ1) is 12.8. The Morgan fingerprint density at radius 1 is 1.07 bits per heavy atom. The molecule has 0 saturated heterocycles. The number of aryl methyl sites for hydroxylation is 4. The smallest absolute Gasteiger partial charge is 0.226 e. The average Bonchev–Trinajstić information content (AvgIpc) is 3.08. The Bertz CT molecular complexity index is 936. The van der Waals surface area contributed by atoms with E-state index in [0.29, 0.717) is 19.5 Å². The Labute approximate surface area is 167 Å². The van der Waals surface area contributed by atoms with E-state index >= 15 is 0 Å². The zero-order chi connectivity index (χ0) is 19.6. The minimum absolute atomic E-state index is 0.0413. The summed E-state index contributed by atoms with van der Waals surface area (Å²) in [6, 6.07) is 8.40. The molecule has 3 rings (SSSR count). The molecule has 1 aromatic carbocycles. The van der Waals surface area contributed by atoms with Crippen molar-refractivity contribution in [3.05, 3.63) is 63.1 Å². The molecule has 0 aliphatic carbocycles. The molecule has 0 saturated carbocycles. The van der Waals surface area contributed by atoms with Crippen LogP contribution < -0.4 is 5.32 Å². The van der Waals surface area contributed by atoms with Gasteiger partial charge < -0.3 is 5.32 Å². The van der Waals surface area contributed by atoms with Crippen LogP contribution >= 0.6 is 15.9 Å². The van der Waals surface area contributed by atoms with Gasteiger partial charge in [-0.3, -0.25) is 14.2 Å². The third kappa shape index (κ3) is 4.66. The lowest BCUT2D eigenvalue weighted by atomic mass is 10.1. The SMILES string of the molecule is Cc1ccc(Cn2nc(C)c(NC(=O)CCn3cc(Br)c(C)n3)c2C)cc1. The molecular weight excluding hydrogens is 406 g/mol. The van der Waals surface area contributed by atoms with E-state index < -0.39 is 0 Å². The molecule has 2 heterocycles. The van der Waals surface area contributed by atoms with Gasteiger partial charge in [0.25, 0.3) is 0 Å². The number of carbonyl (C=O) groups excluding carboxylic acids is 1. The lowest BCUT2D eigenvalue weighted by Gasteiger charge is -2.08. The van der Waals surface area contributed by atoms with Gasteiger partial charge in [0.05, 0.1) is 33.8 Å². The first kappa shape index (κ1) is 19.4. The Hall–Kier alpha value is -2.41. The van der Waals surface area contributed by atoms with Crippen molar-refractivity contribution in [1.29, 1.82) is 0 Å². The summed E-state index contributed by atoms with van der Waals surface area (Å²) in [6.45, 7) is 9.12. The van der Waals surface area contributed by atoms with Crippen molar-refractivity contribution in [3.63, 3.8) is 0 Å². The summed E-state index contributed by atoms with van der Waals surface area (Å²) in [6.07, 6.45) is 2.24. The van der Waals surface area contributed by atoms with Crippen LogP contribution in [0.1, 0.15) is 34.6 Å². The topological polar surface area (TPSA) is 64.7 Å². The molecule has 27 heavy (non-hydrogen) atoms. The number of anilines is 1. The van der Waals surface area contributed by atoms with E-state index in [2.05, 4.69) is 62.6 Å². The predicted molar refractivity (Wildman–Crippen MR) is 110 cm³/mol. The quantitative estimate of drug-likeness (QED) is 0.639. The molecule has 6 nitrogen and oxygen atoms in total. The van der Waals surface area contributed by atoms with Crippen molar-refractivity contribution in [2.24, 2.45) is 0 Å². The van der Waals surface area contributed by atoms with Crippen LogP contribution in [-0.2, 0) is 17.9 Å². The Balaban J connectivity index is 1.65. The fourth-order valence-electron chi connectivity index (χ4n) is 2.92. The molecule has 0 radical (unpaired) electrons. The number of rotatable bonds is 6. The molecule has 7 heteroatoms. The van der Waals surface area contributed by atoms with E-state index in [4.69, 9.17) is 0 Å². The van der Waals surface area contributed by atoms with Gasteiger partial charge in [-0.25, -0.2) is 0 Å². The molecule has 0 bridgehead atoms. The van der Waals surface area contributed by atoms with Crippen LogP contribution in [0.25, 0.3) is 0 Å². The summed E-state index contributed by atoms with van der Waals surface area (Å²) in [5.74, 6) is -0.0413. The van der Waals surface area contributed by atoms with E-state index in [-0.39, 0.29) is 5.91 Å². The fraction of sp³-hybridized carbons (Fsp3) is 0.350. The molecule has 1 N–H and O–H groups in total. The predicted octanol–water partition coefficient (Wildman–Crippen LogP) is 4.15. The van der Waals surface area contributed by atoms with Gasteiger partial charge in [-0.1, -0.05) is 29.8 Å². The zero-order valence-electron chi connectivity index (χ0n) is 16.1. The zero-order valence-corrected chi connectivity index (χ0v) is 17.7. The summed E-state index contributed by atoms with van der Waals surface area (Å²) in [4.78, 5) is 12.4. The molecule has 0 aliphatic rings. The van der Waals surface area contributed by atoms with Gasteiger partial charge in [0.2, 0.25) is 5.91 Å². The minimum atomic E-state index is -0.0413. The highest BCUT2D eigenvalue weighted by Gasteiger charge is 2.15. The maximum absolute atomic E-state index is 12.4. The van der Waals surface area contributed by atoms with Crippen LogP contribution in [0.3, 0.4) is 0 Å². The highest BCUT2D eigenvalue weighted by Crippen LogP contribution is 2.21. The molecule has 2 aromatic heterocycles. The van der Waals surface area contributed by atoms with Gasteiger partial charge in [0, 0.05) is 19.2 Å². The summed E-state index contributed by atoms with van der Waals surface area (Å²) in [5, 5.41) is 12.0. The number of halogens is 1. The number of amides is 1. The van der Waals surface area contributed by atoms with Crippen LogP contribution in [0.4, 0.5) is 5.69 Å². The number of carbonyl (C=O) groups is 1. The second kappa shape index (κ2) is 8.08. The maximum Gasteiger partial charge on any atom is 0.226 e. The summed E-state index contributed by atoms with van der Waals surface area (Å²) >= 11 is 3.43. The fourth-order valence-corrected chi connectivity index (χ4v) is 3.24. The minimum Gasteiger partial charge on any atom is -0.323 e. The average molecular weight is 430 g/mol. The van der Waals surface area contributed by atoms with Gasteiger partial charge >= 0.3 is 0 Å². The highest BCUT2D eigenvalue weighted by molar-refractivity contribution is 9.10. The van der Waals surface area contributed by atoms with Crippen LogP contribution in [0.15, 0.2) is 34.9 Å². The van der Waals surface area contributed by atoms with Gasteiger partial charge in [-0.05, 0) is 49.2 Å². The third-order valence-corrected chi connectivity index (χ3v) is 5.33. The van der Waals surface area contributed by atoms with Crippen molar-refractivity contribution in [2.45, 2.75) is 47.2 Å². The Morgan fingerprint density at radius 2 is 1.78 bits per heavy atom. The largest absolute Gasteiger partial charge is 0.323 e.